The molecule has 5 rings (SSSR count). The summed E-state index contributed by atoms with van der Waals surface area (Å²) in [5.41, 5.74) is 3.33. The molecule has 6 nitrogen and oxygen atoms in total. The van der Waals surface area contributed by atoms with Gasteiger partial charge in [-0.3, -0.25) is 9.58 Å². The number of ether oxygens (including phenoxy) is 2. The van der Waals surface area contributed by atoms with Crippen molar-refractivity contribution >= 4 is 17.2 Å². The van der Waals surface area contributed by atoms with Crippen molar-refractivity contribution in [3.63, 3.8) is 0 Å². The van der Waals surface area contributed by atoms with Crippen LogP contribution in [0.1, 0.15) is 18.0 Å². The van der Waals surface area contributed by atoms with Crippen LogP contribution in [0, 0.1) is 0 Å². The van der Waals surface area contributed by atoms with Crippen LogP contribution in [0.25, 0.3) is 11.0 Å². The number of imidazole rings is 1. The minimum absolute atomic E-state index is 0.0175. The lowest BCUT2D eigenvalue weighted by molar-refractivity contribution is 0.144. The minimum Gasteiger partial charge on any atom is -0.490 e. The molecule has 0 saturated heterocycles. The zero-order valence-corrected chi connectivity index (χ0v) is 14.6. The molecule has 3 aromatic rings. The molecule has 2 aliphatic rings. The highest BCUT2D eigenvalue weighted by Crippen LogP contribution is 2.29. The van der Waals surface area contributed by atoms with E-state index < -0.39 is 0 Å². The molecule has 0 aliphatic carbocycles. The van der Waals surface area contributed by atoms with Gasteiger partial charge < -0.3 is 9.47 Å². The van der Waals surface area contributed by atoms with E-state index in [0.717, 1.165) is 29.7 Å². The lowest BCUT2D eigenvalue weighted by Gasteiger charge is -2.19. The molecule has 26 heavy (non-hydrogen) atoms. The summed E-state index contributed by atoms with van der Waals surface area (Å²) in [6, 6.07) is 17.4. The number of rotatable bonds is 4. The zero-order valence-electron chi connectivity index (χ0n) is 14.6. The highest BCUT2D eigenvalue weighted by molar-refractivity contribution is 5.76. The second-order valence-electron chi connectivity index (χ2n) is 6.74. The largest absolute Gasteiger partial charge is 0.490 e. The van der Waals surface area contributed by atoms with Gasteiger partial charge in [-0.1, -0.05) is 24.3 Å². The number of aromatic nitrogens is 2. The van der Waals surface area contributed by atoms with Gasteiger partial charge in [0.1, 0.15) is 12.4 Å². The van der Waals surface area contributed by atoms with Crippen LogP contribution < -0.4 is 9.47 Å². The van der Waals surface area contributed by atoms with E-state index in [0.29, 0.717) is 18.7 Å². The van der Waals surface area contributed by atoms with Crippen molar-refractivity contribution in [2.45, 2.75) is 25.1 Å². The first-order chi connectivity index (χ1) is 12.8. The number of nitrogens with zero attached hydrogens (tertiary/aromatic N) is 4. The Hall–Kier alpha value is -3.02. The zero-order chi connectivity index (χ0) is 17.5. The number of fused-ring (bicyclic) bond motifs is 3. The maximum Gasteiger partial charge on any atom is 0.297 e. The van der Waals surface area contributed by atoms with Gasteiger partial charge in [-0.15, -0.1) is 0 Å². The first kappa shape index (κ1) is 15.3. The van der Waals surface area contributed by atoms with Gasteiger partial charge >= 0.3 is 0 Å². The van der Waals surface area contributed by atoms with E-state index in [-0.39, 0.29) is 6.10 Å². The average molecular weight is 348 g/mol. The molecule has 1 unspecified atom stereocenters. The van der Waals surface area contributed by atoms with Crippen LogP contribution in [0.5, 0.6) is 11.8 Å². The van der Waals surface area contributed by atoms with Gasteiger partial charge in [-0.25, -0.2) is 0 Å². The van der Waals surface area contributed by atoms with Gasteiger partial charge in [0.15, 0.2) is 6.10 Å². The van der Waals surface area contributed by atoms with Crippen LogP contribution in [-0.4, -0.2) is 40.5 Å². The molecule has 0 N–H and O–H groups in total. The Morgan fingerprint density at radius 2 is 2.00 bits per heavy atom. The molecule has 0 saturated carbocycles. The molecule has 132 valence electrons. The summed E-state index contributed by atoms with van der Waals surface area (Å²) in [7, 11) is 2.00. The molecular formula is C20H20N4O2. The maximum atomic E-state index is 5.94. The molecule has 2 aliphatic heterocycles. The lowest BCUT2D eigenvalue weighted by atomic mass is 10.0. The monoisotopic (exact) mass is 348 g/mol. The third-order valence-corrected chi connectivity index (χ3v) is 5.02. The molecule has 3 heterocycles. The fourth-order valence-electron chi connectivity index (χ4n) is 3.63. The summed E-state index contributed by atoms with van der Waals surface area (Å²) in [6.45, 7) is 1.27. The predicted molar refractivity (Wildman–Crippen MR) is 99.7 cm³/mol. The average Bonchev–Trinajstić information content (AvgIpc) is 3.34. The molecule has 0 spiro atoms. The highest BCUT2D eigenvalue weighted by Gasteiger charge is 2.27. The van der Waals surface area contributed by atoms with Crippen LogP contribution in [0.4, 0.5) is 0 Å². The number of hydrazone groups is 1. The first-order valence-electron chi connectivity index (χ1n) is 8.88. The lowest BCUT2D eigenvalue weighted by Crippen LogP contribution is -2.23. The molecule has 2 aromatic carbocycles. The summed E-state index contributed by atoms with van der Waals surface area (Å²) >= 11 is 0. The van der Waals surface area contributed by atoms with Crippen molar-refractivity contribution in [1.29, 1.82) is 0 Å². The van der Waals surface area contributed by atoms with Crippen molar-refractivity contribution in [1.82, 2.24) is 14.6 Å². The van der Waals surface area contributed by atoms with Crippen molar-refractivity contribution in [2.24, 2.45) is 5.10 Å². The Morgan fingerprint density at radius 3 is 2.81 bits per heavy atom. The Morgan fingerprint density at radius 1 is 1.15 bits per heavy atom. The minimum atomic E-state index is -0.0175. The summed E-state index contributed by atoms with van der Waals surface area (Å²) in [5.74, 6) is 0.855. The Kier molecular flexibility index (Phi) is 3.55. The van der Waals surface area contributed by atoms with E-state index in [4.69, 9.17) is 9.47 Å². The third kappa shape index (κ3) is 2.58. The van der Waals surface area contributed by atoms with E-state index in [9.17, 15) is 0 Å². The van der Waals surface area contributed by atoms with E-state index >= 15 is 0 Å². The molecule has 0 fully saturated rings. The van der Waals surface area contributed by atoms with Crippen molar-refractivity contribution in [3.8, 4) is 11.8 Å². The second-order valence-corrected chi connectivity index (χ2v) is 6.74. The molecule has 6 heteroatoms. The summed E-state index contributed by atoms with van der Waals surface area (Å²) in [4.78, 5) is 4.53. The Balaban J connectivity index is 1.22. The van der Waals surface area contributed by atoms with Crippen LogP contribution in [0.15, 0.2) is 53.6 Å². The van der Waals surface area contributed by atoms with Crippen LogP contribution in [0.3, 0.4) is 0 Å². The number of para-hydroxylation sites is 2. The SMILES string of the molecule is CN1N=CCC1c1ccc(OC[C@@H]2Cn3c(nc4ccccc43)O2)cc1. The maximum absolute atomic E-state index is 5.94. The third-order valence-electron chi connectivity index (χ3n) is 5.02. The topological polar surface area (TPSA) is 51.9 Å². The normalized spacial score (nSPS) is 21.2. The van der Waals surface area contributed by atoms with Crippen molar-refractivity contribution in [3.05, 3.63) is 54.1 Å². The molecule has 1 aromatic heterocycles. The van der Waals surface area contributed by atoms with E-state index in [1.807, 2.05) is 48.6 Å². The van der Waals surface area contributed by atoms with E-state index in [1.54, 1.807) is 0 Å². The highest BCUT2D eigenvalue weighted by atomic mass is 16.6. The van der Waals surface area contributed by atoms with Gasteiger partial charge in [-0.2, -0.15) is 10.1 Å². The van der Waals surface area contributed by atoms with Gasteiger partial charge in [0, 0.05) is 19.7 Å². The first-order valence-corrected chi connectivity index (χ1v) is 8.88. The van der Waals surface area contributed by atoms with Gasteiger partial charge in [0.05, 0.1) is 23.6 Å². The molecule has 0 bridgehead atoms. The number of hydrogen-bond acceptors (Lipinski definition) is 5. The van der Waals surface area contributed by atoms with Gasteiger partial charge in [0.25, 0.3) is 6.01 Å². The summed E-state index contributed by atoms with van der Waals surface area (Å²) in [6.07, 6.45) is 2.89. The second kappa shape index (κ2) is 6.05. The van der Waals surface area contributed by atoms with E-state index in [2.05, 4.69) is 32.9 Å². The van der Waals surface area contributed by atoms with Crippen LogP contribution >= 0.6 is 0 Å². The molecule has 2 atom stereocenters. The number of hydrogen-bond donors (Lipinski definition) is 0. The van der Waals surface area contributed by atoms with Crippen LogP contribution in [0.2, 0.25) is 0 Å². The quantitative estimate of drug-likeness (QED) is 0.726. The van der Waals surface area contributed by atoms with Gasteiger partial charge in [0.2, 0.25) is 0 Å². The fourth-order valence-corrected chi connectivity index (χ4v) is 3.63. The van der Waals surface area contributed by atoms with Gasteiger partial charge in [-0.05, 0) is 29.8 Å². The van der Waals surface area contributed by atoms with Crippen molar-refractivity contribution < 1.29 is 9.47 Å². The molecular weight excluding hydrogens is 328 g/mol. The molecule has 0 radical (unpaired) electrons. The van der Waals surface area contributed by atoms with E-state index in [1.165, 1.54) is 5.56 Å². The predicted octanol–water partition coefficient (Wildman–Crippen LogP) is 3.24. The fraction of sp³-hybridized carbons (Fsp3) is 0.300. The van der Waals surface area contributed by atoms with Crippen LogP contribution in [-0.2, 0) is 6.54 Å². The number of benzene rings is 2. The summed E-state index contributed by atoms with van der Waals surface area (Å²) in [5, 5.41) is 6.29. The standard InChI is InChI=1S/C20H20N4O2/c1-23-18(10-11-21-23)14-6-8-15(9-7-14)25-13-16-12-24-19-5-3-2-4-17(19)22-20(24)26-16/h2-9,11,16,18H,10,12-13H2,1H3/t16-,18?/m0/s1. The smallest absolute Gasteiger partial charge is 0.297 e. The van der Waals surface area contributed by atoms with Crippen molar-refractivity contribution in [2.75, 3.05) is 13.7 Å². The molecule has 0 amide bonds. The summed E-state index contributed by atoms with van der Waals surface area (Å²) < 4.78 is 14.0. The Bertz CT molecular complexity index is 964. The Labute approximate surface area is 151 Å².